The van der Waals surface area contributed by atoms with E-state index in [0.717, 1.165) is 36.3 Å². The number of rotatable bonds is 8. The van der Waals surface area contributed by atoms with Crippen molar-refractivity contribution in [3.8, 4) is 34.5 Å². The van der Waals surface area contributed by atoms with Crippen LogP contribution in [0.15, 0.2) is 34.5 Å². The highest BCUT2D eigenvalue weighted by atomic mass is 32.2. The summed E-state index contributed by atoms with van der Waals surface area (Å²) in [5.74, 6) is -4.93. The zero-order valence-corrected chi connectivity index (χ0v) is 16.5. The smallest absolute Gasteiger partial charge is 0.250 e. The van der Waals surface area contributed by atoms with Gasteiger partial charge in [0.2, 0.25) is 23.3 Å². The number of amides is 2. The summed E-state index contributed by atoms with van der Waals surface area (Å²) < 4.78 is 0. The van der Waals surface area contributed by atoms with E-state index in [0.29, 0.717) is 0 Å². The highest BCUT2D eigenvalue weighted by Crippen LogP contribution is 2.36. The maximum absolute atomic E-state index is 11.7. The molecule has 13 heteroatoms. The van der Waals surface area contributed by atoms with E-state index in [1.54, 1.807) is 0 Å². The van der Waals surface area contributed by atoms with Crippen molar-refractivity contribution in [3.05, 3.63) is 35.4 Å². The molecule has 0 aliphatic rings. The van der Waals surface area contributed by atoms with Crippen LogP contribution in [0.3, 0.4) is 0 Å². The molecule has 2 aromatic carbocycles. The average molecular weight is 450 g/mol. The normalized spacial score (nSPS) is 11.1. The van der Waals surface area contributed by atoms with Crippen LogP contribution in [0.2, 0.25) is 0 Å². The summed E-state index contributed by atoms with van der Waals surface area (Å²) in [6.07, 6.45) is 2.13. The van der Waals surface area contributed by atoms with E-state index in [4.69, 9.17) is 0 Å². The largest absolute Gasteiger partial charge is 0.504 e. The number of carbonyl (C=O) groups excluding carboxylic acids is 2. The van der Waals surface area contributed by atoms with Crippen molar-refractivity contribution in [2.45, 2.75) is 0 Å². The first-order chi connectivity index (χ1) is 14.7. The predicted octanol–water partition coefficient (Wildman–Crippen LogP) is 0.254. The Bertz CT molecular complexity index is 960. The SMILES string of the molecule is O=C(CSCC(=O)N/N=C/c1ccc(O)c(O)c1O)N/N=C/c1ccc(O)c(O)c1O. The first-order valence-electron chi connectivity index (χ1n) is 8.40. The molecule has 0 aromatic heterocycles. The maximum atomic E-state index is 11.7. The summed E-state index contributed by atoms with van der Waals surface area (Å²) in [5.41, 5.74) is 4.46. The van der Waals surface area contributed by atoms with Crippen molar-refractivity contribution < 1.29 is 40.2 Å². The van der Waals surface area contributed by atoms with Crippen LogP contribution >= 0.6 is 11.8 Å². The lowest BCUT2D eigenvalue weighted by Gasteiger charge is -2.04. The number of phenolic OH excluding ortho intramolecular Hbond substituents is 6. The first-order valence-corrected chi connectivity index (χ1v) is 9.55. The standard InChI is InChI=1S/C18H18N4O8S/c23-11-3-1-9(15(27)17(11)29)5-19-21-13(25)7-31-8-14(26)22-20-6-10-2-4-12(24)18(30)16(10)28/h1-6,23-24,27-30H,7-8H2,(H,21,25)(H,22,26)/b19-5+,20-6+. The molecule has 0 saturated heterocycles. The van der Waals surface area contributed by atoms with Crippen LogP contribution in [0, 0.1) is 0 Å². The molecule has 8 N–H and O–H groups in total. The fourth-order valence-electron chi connectivity index (χ4n) is 2.03. The van der Waals surface area contributed by atoms with Crippen molar-refractivity contribution in [1.82, 2.24) is 10.9 Å². The number of aromatic hydroxyl groups is 6. The minimum absolute atomic E-state index is 0.0634. The lowest BCUT2D eigenvalue weighted by molar-refractivity contribution is -0.118. The Morgan fingerprint density at radius 2 is 1.10 bits per heavy atom. The number of hydrogen-bond donors (Lipinski definition) is 8. The Morgan fingerprint density at radius 1 is 0.710 bits per heavy atom. The fraction of sp³-hybridized carbons (Fsp3) is 0.111. The van der Waals surface area contributed by atoms with Crippen molar-refractivity contribution in [1.29, 1.82) is 0 Å². The number of benzene rings is 2. The van der Waals surface area contributed by atoms with Crippen molar-refractivity contribution >= 4 is 36.0 Å². The van der Waals surface area contributed by atoms with Gasteiger partial charge in [0.25, 0.3) is 0 Å². The number of nitrogens with one attached hydrogen (secondary N) is 2. The molecule has 31 heavy (non-hydrogen) atoms. The van der Waals surface area contributed by atoms with Crippen molar-refractivity contribution in [3.63, 3.8) is 0 Å². The van der Waals surface area contributed by atoms with Gasteiger partial charge in [-0.05, 0) is 24.3 Å². The molecule has 0 spiro atoms. The molecule has 12 nitrogen and oxygen atoms in total. The molecule has 2 rings (SSSR count). The van der Waals surface area contributed by atoms with Crippen LogP contribution in [-0.4, -0.2) is 66.4 Å². The molecule has 0 saturated carbocycles. The van der Waals surface area contributed by atoms with Gasteiger partial charge in [-0.2, -0.15) is 10.2 Å². The van der Waals surface area contributed by atoms with Crippen molar-refractivity contribution in [2.75, 3.05) is 11.5 Å². The number of carbonyl (C=O) groups is 2. The molecule has 0 fully saturated rings. The van der Waals surface area contributed by atoms with Gasteiger partial charge in [0.05, 0.1) is 23.9 Å². The fourth-order valence-corrected chi connectivity index (χ4v) is 2.63. The summed E-state index contributed by atoms with van der Waals surface area (Å²) in [4.78, 5) is 23.4. The molecule has 164 valence electrons. The highest BCUT2D eigenvalue weighted by molar-refractivity contribution is 8.00. The number of phenols is 6. The van der Waals surface area contributed by atoms with E-state index >= 15 is 0 Å². The molecular weight excluding hydrogens is 432 g/mol. The number of hydrogen-bond acceptors (Lipinski definition) is 11. The zero-order chi connectivity index (χ0) is 23.0. The Morgan fingerprint density at radius 3 is 1.48 bits per heavy atom. The van der Waals surface area contributed by atoms with E-state index in [1.165, 1.54) is 12.1 Å². The summed E-state index contributed by atoms with van der Waals surface area (Å²) >= 11 is 0.960. The van der Waals surface area contributed by atoms with Gasteiger partial charge >= 0.3 is 0 Å². The van der Waals surface area contributed by atoms with E-state index in [2.05, 4.69) is 21.1 Å². The molecular formula is C18H18N4O8S. The number of hydrazone groups is 2. The Balaban J connectivity index is 1.73. The van der Waals surface area contributed by atoms with Gasteiger partial charge in [-0.15, -0.1) is 11.8 Å². The van der Waals surface area contributed by atoms with Gasteiger partial charge in [0.1, 0.15) is 0 Å². The third-order valence-corrected chi connectivity index (χ3v) is 4.51. The van der Waals surface area contributed by atoms with Gasteiger partial charge in [-0.25, -0.2) is 10.9 Å². The molecule has 2 amide bonds. The van der Waals surface area contributed by atoms with E-state index in [1.807, 2.05) is 0 Å². The Kier molecular flexibility index (Phi) is 7.91. The monoisotopic (exact) mass is 450 g/mol. The van der Waals surface area contributed by atoms with Crippen LogP contribution in [0.25, 0.3) is 0 Å². The highest BCUT2D eigenvalue weighted by Gasteiger charge is 2.11. The summed E-state index contributed by atoms with van der Waals surface area (Å²) in [6, 6.07) is 4.83. The van der Waals surface area contributed by atoms with E-state index in [9.17, 15) is 40.2 Å². The first kappa shape index (κ1) is 23.2. The minimum Gasteiger partial charge on any atom is -0.504 e. The second kappa shape index (κ2) is 10.6. The molecule has 2 aromatic rings. The van der Waals surface area contributed by atoms with Gasteiger partial charge < -0.3 is 30.6 Å². The summed E-state index contributed by atoms with van der Waals surface area (Å²) in [5, 5.41) is 63.7. The number of nitrogens with zero attached hydrogens (tertiary/aromatic N) is 2. The molecule has 0 unspecified atom stereocenters. The van der Waals surface area contributed by atoms with Crippen LogP contribution in [0.5, 0.6) is 34.5 Å². The van der Waals surface area contributed by atoms with Gasteiger partial charge in [0.15, 0.2) is 23.0 Å². The molecule has 0 bridgehead atoms. The molecule has 0 atom stereocenters. The van der Waals surface area contributed by atoms with Crippen LogP contribution in [0.1, 0.15) is 11.1 Å². The van der Waals surface area contributed by atoms with Gasteiger partial charge in [-0.3, -0.25) is 9.59 Å². The second-order valence-electron chi connectivity index (χ2n) is 5.82. The molecule has 0 aliphatic carbocycles. The maximum Gasteiger partial charge on any atom is 0.250 e. The predicted molar refractivity (Wildman–Crippen MR) is 112 cm³/mol. The van der Waals surface area contributed by atoms with Gasteiger partial charge in [-0.1, -0.05) is 0 Å². The Hall–Kier alpha value is -4.13. The minimum atomic E-state index is -0.711. The number of thioether (sulfide) groups is 1. The quantitative estimate of drug-likeness (QED) is 0.157. The van der Waals surface area contributed by atoms with Crippen LogP contribution in [-0.2, 0) is 9.59 Å². The van der Waals surface area contributed by atoms with Crippen molar-refractivity contribution in [2.24, 2.45) is 10.2 Å². The Labute approximate surface area is 179 Å². The third-order valence-electron chi connectivity index (χ3n) is 3.57. The lowest BCUT2D eigenvalue weighted by Crippen LogP contribution is -2.23. The van der Waals surface area contributed by atoms with E-state index < -0.39 is 46.3 Å². The van der Waals surface area contributed by atoms with Gasteiger partial charge in [0, 0.05) is 11.1 Å². The third kappa shape index (κ3) is 6.43. The lowest BCUT2D eigenvalue weighted by atomic mass is 10.2. The topological polar surface area (TPSA) is 204 Å². The summed E-state index contributed by atoms with van der Waals surface area (Å²) in [6.45, 7) is 0. The molecule has 0 radical (unpaired) electrons. The molecule has 0 aliphatic heterocycles. The van der Waals surface area contributed by atoms with Crippen LogP contribution < -0.4 is 10.9 Å². The van der Waals surface area contributed by atoms with Crippen LogP contribution in [0.4, 0.5) is 0 Å². The zero-order valence-electron chi connectivity index (χ0n) is 15.7. The second-order valence-corrected chi connectivity index (χ2v) is 6.81. The van der Waals surface area contributed by atoms with E-state index in [-0.39, 0.29) is 22.6 Å². The molecule has 0 heterocycles. The average Bonchev–Trinajstić information content (AvgIpc) is 2.73. The summed E-state index contributed by atoms with van der Waals surface area (Å²) in [7, 11) is 0.